The number of alkyl halides is 3. The molecule has 11 heteroatoms. The topological polar surface area (TPSA) is 87.0 Å². The Morgan fingerprint density at radius 2 is 2.00 bits per heavy atom. The monoisotopic (exact) mass is 413 g/mol. The van der Waals surface area contributed by atoms with Crippen LogP contribution in [0.4, 0.5) is 23.5 Å². The van der Waals surface area contributed by atoms with Crippen LogP contribution in [0.3, 0.4) is 0 Å². The van der Waals surface area contributed by atoms with Crippen molar-refractivity contribution in [2.75, 3.05) is 19.0 Å². The van der Waals surface area contributed by atoms with E-state index in [4.69, 9.17) is 0 Å². The number of hydrogen-bond acceptors (Lipinski definition) is 5. The minimum absolute atomic E-state index is 0.0731. The van der Waals surface area contributed by atoms with Crippen molar-refractivity contribution in [1.82, 2.24) is 19.7 Å². The van der Waals surface area contributed by atoms with Crippen molar-refractivity contribution in [2.45, 2.75) is 32.2 Å². The van der Waals surface area contributed by atoms with E-state index in [-0.39, 0.29) is 28.2 Å². The summed E-state index contributed by atoms with van der Waals surface area (Å²) in [6.07, 6.45) is -4.47. The molecule has 1 atom stereocenters. The third kappa shape index (κ3) is 3.69. The van der Waals surface area contributed by atoms with E-state index in [1.54, 1.807) is 25.9 Å². The first-order valence-corrected chi connectivity index (χ1v) is 8.74. The lowest BCUT2D eigenvalue weighted by Gasteiger charge is -2.19. The molecule has 3 rings (SSSR count). The molecule has 156 valence electrons. The van der Waals surface area contributed by atoms with Gasteiger partial charge in [0.05, 0.1) is 18.2 Å². The Kier molecular flexibility index (Phi) is 5.35. The summed E-state index contributed by atoms with van der Waals surface area (Å²) in [5, 5.41) is 13.9. The van der Waals surface area contributed by atoms with Crippen LogP contribution in [-0.2, 0) is 12.8 Å². The minimum atomic E-state index is -4.80. The third-order valence-electron chi connectivity index (χ3n) is 4.56. The highest BCUT2D eigenvalue weighted by Gasteiger charge is 2.34. The first-order chi connectivity index (χ1) is 13.6. The van der Waals surface area contributed by atoms with Crippen LogP contribution < -0.4 is 10.5 Å². The van der Waals surface area contributed by atoms with E-state index < -0.39 is 35.8 Å². The number of benzene rings is 1. The molecule has 2 heterocycles. The number of anilines is 1. The second-order valence-electron chi connectivity index (χ2n) is 6.69. The number of aliphatic hydroxyl groups is 1. The molecule has 0 aliphatic heterocycles. The van der Waals surface area contributed by atoms with Crippen LogP contribution in [0.15, 0.2) is 23.0 Å². The maximum absolute atomic E-state index is 14.1. The van der Waals surface area contributed by atoms with Crippen molar-refractivity contribution in [3.05, 3.63) is 51.2 Å². The molecule has 0 aliphatic carbocycles. The minimum Gasteiger partial charge on any atom is -0.390 e. The first kappa shape index (κ1) is 20.8. The van der Waals surface area contributed by atoms with Gasteiger partial charge in [0.25, 0.3) is 5.56 Å². The summed E-state index contributed by atoms with van der Waals surface area (Å²) in [5.74, 6) is -1.16. The smallest absolute Gasteiger partial charge is 0.390 e. The van der Waals surface area contributed by atoms with Crippen LogP contribution >= 0.6 is 0 Å². The number of nitrogens with zero attached hydrogens (tertiary/aromatic N) is 4. The zero-order valence-electron chi connectivity index (χ0n) is 15.9. The van der Waals surface area contributed by atoms with Gasteiger partial charge in [0, 0.05) is 14.1 Å². The van der Waals surface area contributed by atoms with Gasteiger partial charge < -0.3 is 10.0 Å². The van der Waals surface area contributed by atoms with Gasteiger partial charge in [-0.05, 0) is 24.1 Å². The highest BCUT2D eigenvalue weighted by Crippen LogP contribution is 2.34. The SMILES string of the molecule is CC[C@@H](c1ccc(C(F)(F)F)c(F)c1)n1nc(CO)c2c(=O)[nH]c(N(C)C)nc21. The van der Waals surface area contributed by atoms with Crippen molar-refractivity contribution < 1.29 is 22.7 Å². The molecule has 0 aliphatic rings. The summed E-state index contributed by atoms with van der Waals surface area (Å²) in [7, 11) is 3.33. The quantitative estimate of drug-likeness (QED) is 0.629. The lowest BCUT2D eigenvalue weighted by molar-refractivity contribution is -0.140. The van der Waals surface area contributed by atoms with Gasteiger partial charge in [-0.25, -0.2) is 9.07 Å². The summed E-state index contributed by atoms with van der Waals surface area (Å²) in [4.78, 5) is 21.0. The molecule has 0 bridgehead atoms. The third-order valence-corrected chi connectivity index (χ3v) is 4.56. The van der Waals surface area contributed by atoms with Gasteiger partial charge >= 0.3 is 6.18 Å². The molecule has 7 nitrogen and oxygen atoms in total. The summed E-state index contributed by atoms with van der Waals surface area (Å²) in [6.45, 7) is 1.21. The summed E-state index contributed by atoms with van der Waals surface area (Å²) in [6, 6.07) is 1.96. The standard InChI is InChI=1S/C18H19F4N5O2/c1-4-13(9-5-6-10(11(19)7-9)18(20,21)22)27-15-14(12(8-28)25-27)16(29)24-17(23-15)26(2)3/h5-7,13,28H,4,8H2,1-3H3,(H,23,24,29)/t13-/m0/s1. The van der Waals surface area contributed by atoms with Crippen LogP contribution in [0.1, 0.15) is 36.2 Å². The number of aromatic nitrogens is 4. The molecular formula is C18H19F4N5O2. The normalized spacial score (nSPS) is 13.1. The lowest BCUT2D eigenvalue weighted by atomic mass is 10.0. The number of rotatable bonds is 5. The molecule has 2 aromatic heterocycles. The van der Waals surface area contributed by atoms with Gasteiger partial charge in [-0.2, -0.15) is 23.3 Å². The summed E-state index contributed by atoms with van der Waals surface area (Å²) in [5.41, 5.74) is -1.41. The van der Waals surface area contributed by atoms with E-state index in [0.717, 1.165) is 6.07 Å². The van der Waals surface area contributed by atoms with E-state index in [1.807, 2.05) is 0 Å². The van der Waals surface area contributed by atoms with E-state index >= 15 is 0 Å². The van der Waals surface area contributed by atoms with Gasteiger partial charge in [-0.15, -0.1) is 0 Å². The molecule has 3 aromatic rings. The fourth-order valence-electron chi connectivity index (χ4n) is 3.16. The van der Waals surface area contributed by atoms with E-state index in [9.17, 15) is 27.5 Å². The molecule has 29 heavy (non-hydrogen) atoms. The van der Waals surface area contributed by atoms with Crippen molar-refractivity contribution in [2.24, 2.45) is 0 Å². The lowest BCUT2D eigenvalue weighted by Crippen LogP contribution is -2.20. The number of aliphatic hydroxyl groups excluding tert-OH is 1. The first-order valence-electron chi connectivity index (χ1n) is 8.74. The zero-order chi connectivity index (χ0) is 21.5. The molecule has 1 aromatic carbocycles. The van der Waals surface area contributed by atoms with Gasteiger partial charge in [0.2, 0.25) is 5.95 Å². The second kappa shape index (κ2) is 7.47. The van der Waals surface area contributed by atoms with Crippen molar-refractivity contribution in [3.63, 3.8) is 0 Å². The average Bonchev–Trinajstić information content (AvgIpc) is 3.00. The maximum atomic E-state index is 14.1. The molecule has 0 fully saturated rings. The van der Waals surface area contributed by atoms with Crippen LogP contribution in [-0.4, -0.2) is 39.0 Å². The predicted octanol–water partition coefficient (Wildman–Crippen LogP) is 2.84. The Bertz CT molecular complexity index is 1100. The average molecular weight is 413 g/mol. The highest BCUT2D eigenvalue weighted by atomic mass is 19.4. The zero-order valence-corrected chi connectivity index (χ0v) is 15.9. The van der Waals surface area contributed by atoms with E-state index in [2.05, 4.69) is 15.1 Å². The van der Waals surface area contributed by atoms with Crippen LogP contribution in [0.25, 0.3) is 11.0 Å². The Morgan fingerprint density at radius 1 is 1.31 bits per heavy atom. The molecule has 0 radical (unpaired) electrons. The van der Waals surface area contributed by atoms with Crippen molar-refractivity contribution >= 4 is 17.0 Å². The summed E-state index contributed by atoms with van der Waals surface area (Å²) >= 11 is 0. The number of H-pyrrole nitrogens is 1. The van der Waals surface area contributed by atoms with Crippen molar-refractivity contribution in [3.8, 4) is 0 Å². The fourth-order valence-corrected chi connectivity index (χ4v) is 3.16. The number of fused-ring (bicyclic) bond motifs is 1. The number of aromatic amines is 1. The van der Waals surface area contributed by atoms with Crippen LogP contribution in [0, 0.1) is 5.82 Å². The Labute approximate surface area is 162 Å². The Morgan fingerprint density at radius 3 is 2.52 bits per heavy atom. The largest absolute Gasteiger partial charge is 0.419 e. The molecule has 0 saturated carbocycles. The number of halogens is 4. The maximum Gasteiger partial charge on any atom is 0.419 e. The number of hydrogen-bond donors (Lipinski definition) is 2. The molecular weight excluding hydrogens is 394 g/mol. The fraction of sp³-hybridized carbons (Fsp3) is 0.389. The highest BCUT2D eigenvalue weighted by molar-refractivity contribution is 5.78. The molecule has 0 spiro atoms. The number of nitrogens with one attached hydrogen (secondary N) is 1. The van der Waals surface area contributed by atoms with Gasteiger partial charge in [-0.3, -0.25) is 9.78 Å². The summed E-state index contributed by atoms with van der Waals surface area (Å²) < 4.78 is 54.1. The van der Waals surface area contributed by atoms with Gasteiger partial charge in [0.1, 0.15) is 16.9 Å². The Hall–Kier alpha value is -2.95. The van der Waals surface area contributed by atoms with Crippen molar-refractivity contribution in [1.29, 1.82) is 0 Å². The van der Waals surface area contributed by atoms with Gasteiger partial charge in [-0.1, -0.05) is 13.0 Å². The molecule has 0 amide bonds. The van der Waals surface area contributed by atoms with Crippen LogP contribution in [0.5, 0.6) is 0 Å². The van der Waals surface area contributed by atoms with E-state index in [0.29, 0.717) is 12.5 Å². The van der Waals surface area contributed by atoms with E-state index in [1.165, 1.54) is 10.7 Å². The second-order valence-corrected chi connectivity index (χ2v) is 6.69. The predicted molar refractivity (Wildman–Crippen MR) is 98.2 cm³/mol. The molecule has 0 saturated heterocycles. The van der Waals surface area contributed by atoms with Gasteiger partial charge in [0.15, 0.2) is 5.65 Å². The Balaban J connectivity index is 2.22. The molecule has 2 N–H and O–H groups in total. The van der Waals surface area contributed by atoms with Crippen LogP contribution in [0.2, 0.25) is 0 Å². The molecule has 0 unspecified atom stereocenters.